The lowest BCUT2D eigenvalue weighted by molar-refractivity contribution is -0.142. The minimum atomic E-state index is -4.73. The summed E-state index contributed by atoms with van der Waals surface area (Å²) in [4.78, 5) is 34.4. The Labute approximate surface area is 168 Å². The summed E-state index contributed by atoms with van der Waals surface area (Å²) in [5, 5.41) is 1.88. The van der Waals surface area contributed by atoms with Crippen molar-refractivity contribution < 1.29 is 32.3 Å². The van der Waals surface area contributed by atoms with Crippen LogP contribution in [0.1, 0.15) is 21.5 Å². The molecule has 2 amide bonds. The minimum absolute atomic E-state index is 0.143. The molecule has 29 heavy (non-hydrogen) atoms. The number of carbonyl (C=O) groups is 3. The van der Waals surface area contributed by atoms with E-state index in [1.54, 1.807) is 0 Å². The molecular formula is C19H14ClF3N2O4. The van der Waals surface area contributed by atoms with Crippen LogP contribution >= 0.6 is 11.6 Å². The second kappa shape index (κ2) is 9.24. The van der Waals surface area contributed by atoms with Gasteiger partial charge in [-0.25, -0.2) is 4.79 Å². The minimum Gasteiger partial charge on any atom is -0.452 e. The lowest BCUT2D eigenvalue weighted by Gasteiger charge is -2.14. The van der Waals surface area contributed by atoms with Gasteiger partial charge < -0.3 is 15.8 Å². The number of hydrogen-bond acceptors (Lipinski definition) is 4. The number of primary amides is 1. The number of rotatable bonds is 6. The number of esters is 1. The number of hydrogen-bond donors (Lipinski definition) is 2. The Morgan fingerprint density at radius 1 is 1.10 bits per heavy atom. The highest BCUT2D eigenvalue weighted by atomic mass is 35.5. The Hall–Kier alpha value is -3.33. The van der Waals surface area contributed by atoms with E-state index in [1.165, 1.54) is 36.4 Å². The zero-order valence-electron chi connectivity index (χ0n) is 14.6. The van der Waals surface area contributed by atoms with Crippen molar-refractivity contribution >= 4 is 41.1 Å². The molecule has 0 aromatic heterocycles. The fourth-order valence-electron chi connectivity index (χ4n) is 2.15. The Kier molecular flexibility index (Phi) is 7.00. The highest BCUT2D eigenvalue weighted by Gasteiger charge is 2.34. The Morgan fingerprint density at radius 3 is 2.34 bits per heavy atom. The predicted molar refractivity (Wildman–Crippen MR) is 100 cm³/mol. The van der Waals surface area contributed by atoms with Crippen LogP contribution in [0.25, 0.3) is 6.08 Å². The fourth-order valence-corrected chi connectivity index (χ4v) is 2.33. The van der Waals surface area contributed by atoms with Crippen molar-refractivity contribution in [1.29, 1.82) is 0 Å². The van der Waals surface area contributed by atoms with E-state index < -0.39 is 41.8 Å². The topological polar surface area (TPSA) is 98.5 Å². The monoisotopic (exact) mass is 426 g/mol. The van der Waals surface area contributed by atoms with Crippen LogP contribution in [0.15, 0.2) is 48.5 Å². The number of nitrogens with two attached hydrogens (primary N) is 1. The van der Waals surface area contributed by atoms with E-state index in [-0.39, 0.29) is 5.02 Å². The van der Waals surface area contributed by atoms with Gasteiger partial charge in [0.05, 0.1) is 11.3 Å². The van der Waals surface area contributed by atoms with Crippen LogP contribution in [0, 0.1) is 0 Å². The highest BCUT2D eigenvalue weighted by Crippen LogP contribution is 2.36. The largest absolute Gasteiger partial charge is 0.452 e. The quantitative estimate of drug-likeness (QED) is 0.544. The van der Waals surface area contributed by atoms with Crippen molar-refractivity contribution in [1.82, 2.24) is 0 Å². The molecule has 0 aliphatic rings. The normalized spacial score (nSPS) is 11.3. The molecule has 0 spiro atoms. The molecule has 0 saturated carbocycles. The van der Waals surface area contributed by atoms with E-state index in [4.69, 9.17) is 17.3 Å². The fraction of sp³-hybridized carbons (Fsp3) is 0.105. The molecule has 0 bridgehead atoms. The lowest BCUT2D eigenvalue weighted by Crippen LogP contribution is -2.22. The molecule has 10 heteroatoms. The number of benzene rings is 2. The van der Waals surface area contributed by atoms with Crippen molar-refractivity contribution in [3.05, 3.63) is 70.3 Å². The van der Waals surface area contributed by atoms with E-state index in [9.17, 15) is 27.6 Å². The summed E-state index contributed by atoms with van der Waals surface area (Å²) < 4.78 is 43.7. The first kappa shape index (κ1) is 22.0. The molecule has 0 atom stereocenters. The Balaban J connectivity index is 1.92. The van der Waals surface area contributed by atoms with Gasteiger partial charge in [-0.15, -0.1) is 0 Å². The first-order chi connectivity index (χ1) is 13.6. The van der Waals surface area contributed by atoms with Gasteiger partial charge in [0.25, 0.3) is 5.91 Å². The zero-order chi connectivity index (χ0) is 21.6. The molecule has 0 saturated heterocycles. The summed E-state index contributed by atoms with van der Waals surface area (Å²) in [6.45, 7) is -0.788. The number of ether oxygens (including phenoxy) is 1. The van der Waals surface area contributed by atoms with Crippen molar-refractivity contribution in [2.24, 2.45) is 5.73 Å². The molecule has 0 aliphatic heterocycles. The Morgan fingerprint density at radius 2 is 1.76 bits per heavy atom. The van der Waals surface area contributed by atoms with Crippen LogP contribution in [0.4, 0.5) is 18.9 Å². The van der Waals surface area contributed by atoms with Crippen molar-refractivity contribution in [2.45, 2.75) is 6.18 Å². The molecular weight excluding hydrogens is 413 g/mol. The SMILES string of the molecule is NC(=O)c1ccc(/C=C/C(=O)OCC(=O)Nc2ccc(Cl)cc2C(F)(F)F)cc1. The number of alkyl halides is 3. The maximum Gasteiger partial charge on any atom is 0.418 e. The summed E-state index contributed by atoms with van der Waals surface area (Å²) >= 11 is 5.56. The van der Waals surface area contributed by atoms with Gasteiger partial charge in [-0.05, 0) is 42.0 Å². The summed E-state index contributed by atoms with van der Waals surface area (Å²) in [5.41, 5.74) is 4.34. The molecule has 0 heterocycles. The van der Waals surface area contributed by atoms with Crippen molar-refractivity contribution in [3.63, 3.8) is 0 Å². The van der Waals surface area contributed by atoms with Crippen molar-refractivity contribution in [2.75, 3.05) is 11.9 Å². The predicted octanol–water partition coefficient (Wildman–Crippen LogP) is 3.65. The van der Waals surface area contributed by atoms with Crippen LogP contribution in [0.5, 0.6) is 0 Å². The summed E-state index contributed by atoms with van der Waals surface area (Å²) in [6, 6.07) is 8.86. The highest BCUT2D eigenvalue weighted by molar-refractivity contribution is 6.30. The van der Waals surface area contributed by atoms with Gasteiger partial charge in [0.2, 0.25) is 5.91 Å². The first-order valence-corrected chi connectivity index (χ1v) is 8.35. The van der Waals surface area contributed by atoms with Crippen LogP contribution < -0.4 is 11.1 Å². The molecule has 2 aromatic rings. The molecule has 0 radical (unpaired) electrons. The molecule has 0 fully saturated rings. The average molecular weight is 427 g/mol. The third-order valence-corrected chi connectivity index (χ3v) is 3.75. The maximum atomic E-state index is 13.0. The molecule has 0 aliphatic carbocycles. The van der Waals surface area contributed by atoms with E-state index >= 15 is 0 Å². The second-order valence-corrected chi connectivity index (χ2v) is 6.10. The van der Waals surface area contributed by atoms with Crippen molar-refractivity contribution in [3.8, 4) is 0 Å². The van der Waals surface area contributed by atoms with E-state index in [0.29, 0.717) is 17.2 Å². The number of carbonyl (C=O) groups excluding carboxylic acids is 3. The van der Waals surface area contributed by atoms with Crippen LogP contribution in [0.2, 0.25) is 5.02 Å². The molecule has 152 valence electrons. The zero-order valence-corrected chi connectivity index (χ0v) is 15.4. The van der Waals surface area contributed by atoms with Crippen LogP contribution in [-0.4, -0.2) is 24.4 Å². The third-order valence-electron chi connectivity index (χ3n) is 3.51. The second-order valence-electron chi connectivity index (χ2n) is 5.66. The van der Waals surface area contributed by atoms with Crippen LogP contribution in [0.3, 0.4) is 0 Å². The summed E-state index contributed by atoms with van der Waals surface area (Å²) in [7, 11) is 0. The van der Waals surface area contributed by atoms with Gasteiger partial charge in [-0.2, -0.15) is 13.2 Å². The summed E-state index contributed by atoms with van der Waals surface area (Å²) in [6.07, 6.45) is -2.33. The number of halogens is 4. The number of anilines is 1. The van der Waals surface area contributed by atoms with Gasteiger partial charge in [0.15, 0.2) is 6.61 Å². The van der Waals surface area contributed by atoms with Gasteiger partial charge in [0, 0.05) is 16.7 Å². The maximum absolute atomic E-state index is 13.0. The third kappa shape index (κ3) is 6.65. The molecule has 2 rings (SSSR count). The van der Waals surface area contributed by atoms with E-state index in [1.807, 2.05) is 5.32 Å². The molecule has 2 aromatic carbocycles. The summed E-state index contributed by atoms with van der Waals surface area (Å²) in [5.74, 6) is -2.43. The smallest absolute Gasteiger partial charge is 0.418 e. The van der Waals surface area contributed by atoms with Gasteiger partial charge >= 0.3 is 12.1 Å². The Bertz CT molecular complexity index is 957. The van der Waals surface area contributed by atoms with Gasteiger partial charge in [-0.3, -0.25) is 9.59 Å². The average Bonchev–Trinajstić information content (AvgIpc) is 2.65. The van der Waals surface area contributed by atoms with Gasteiger partial charge in [0.1, 0.15) is 0 Å². The van der Waals surface area contributed by atoms with Crippen LogP contribution in [-0.2, 0) is 20.5 Å². The molecule has 0 unspecified atom stereocenters. The lowest BCUT2D eigenvalue weighted by atomic mass is 10.1. The van der Waals surface area contributed by atoms with E-state index in [0.717, 1.165) is 12.1 Å². The first-order valence-electron chi connectivity index (χ1n) is 7.97. The molecule has 6 nitrogen and oxygen atoms in total. The number of nitrogens with one attached hydrogen (secondary N) is 1. The number of amides is 2. The standard InChI is InChI=1S/C19H14ClF3N2O4/c20-13-6-7-15(14(9-13)19(21,22)23)25-16(26)10-29-17(27)8-3-11-1-4-12(5-2-11)18(24)28/h1-9H,10H2,(H2,24,28)(H,25,26)/b8-3+. The van der Waals surface area contributed by atoms with Gasteiger partial charge in [-0.1, -0.05) is 23.7 Å². The molecule has 3 N–H and O–H groups in total. The van der Waals surface area contributed by atoms with E-state index in [2.05, 4.69) is 4.74 Å².